The van der Waals surface area contributed by atoms with E-state index in [9.17, 15) is 4.79 Å². The molecule has 1 aromatic carbocycles. The summed E-state index contributed by atoms with van der Waals surface area (Å²) in [6.07, 6.45) is 3.42. The van der Waals surface area contributed by atoms with Gasteiger partial charge >= 0.3 is 0 Å². The van der Waals surface area contributed by atoms with E-state index >= 15 is 0 Å². The van der Waals surface area contributed by atoms with Gasteiger partial charge in [-0.2, -0.15) is 4.98 Å². The predicted octanol–water partition coefficient (Wildman–Crippen LogP) is 3.62. The summed E-state index contributed by atoms with van der Waals surface area (Å²) in [6.45, 7) is 7.41. The molecule has 0 aliphatic carbocycles. The van der Waals surface area contributed by atoms with E-state index in [1.807, 2.05) is 43.0 Å². The zero-order valence-corrected chi connectivity index (χ0v) is 15.7. The largest absolute Gasteiger partial charge is 0.339 e. The van der Waals surface area contributed by atoms with Crippen molar-refractivity contribution in [2.45, 2.75) is 26.7 Å². The van der Waals surface area contributed by atoms with Gasteiger partial charge in [-0.05, 0) is 44.0 Å². The van der Waals surface area contributed by atoms with Crippen LogP contribution in [-0.2, 0) is 0 Å². The van der Waals surface area contributed by atoms with Crippen molar-refractivity contribution in [3.63, 3.8) is 0 Å². The molecule has 3 heterocycles. The predicted molar refractivity (Wildman–Crippen MR) is 101 cm³/mol. The van der Waals surface area contributed by atoms with Crippen molar-refractivity contribution in [3.05, 3.63) is 65.3 Å². The Labute approximate surface area is 158 Å². The molecule has 0 N–H and O–H groups in total. The Morgan fingerprint density at radius 3 is 2.67 bits per heavy atom. The highest BCUT2D eigenvalue weighted by atomic mass is 16.5. The van der Waals surface area contributed by atoms with Gasteiger partial charge in [0.15, 0.2) is 0 Å². The lowest BCUT2D eigenvalue weighted by atomic mass is 9.98. The number of nitrogens with zero attached hydrogens (tertiary/aromatic N) is 4. The Morgan fingerprint density at radius 1 is 1.19 bits per heavy atom. The monoisotopic (exact) mass is 362 g/mol. The molecular formula is C21H22N4O2. The third-order valence-corrected chi connectivity index (χ3v) is 5.05. The SMILES string of the molecule is Cc1cc(C)cc(C(=O)N2CC(C)C(c3nc(-c4cccnc4)no3)C2)c1. The summed E-state index contributed by atoms with van der Waals surface area (Å²) < 4.78 is 5.52. The molecule has 3 aromatic rings. The van der Waals surface area contributed by atoms with Crippen molar-refractivity contribution >= 4 is 5.91 Å². The Kier molecular flexibility index (Phi) is 4.48. The number of pyridine rings is 1. The highest BCUT2D eigenvalue weighted by Crippen LogP contribution is 2.33. The highest BCUT2D eigenvalue weighted by molar-refractivity contribution is 5.94. The van der Waals surface area contributed by atoms with Gasteiger partial charge in [0, 0.05) is 36.6 Å². The second kappa shape index (κ2) is 6.95. The third-order valence-electron chi connectivity index (χ3n) is 5.05. The summed E-state index contributed by atoms with van der Waals surface area (Å²) in [4.78, 5) is 23.5. The molecule has 0 radical (unpaired) electrons. The Hall–Kier alpha value is -3.02. The fourth-order valence-electron chi connectivity index (χ4n) is 3.73. The van der Waals surface area contributed by atoms with Gasteiger partial charge in [-0.3, -0.25) is 9.78 Å². The number of hydrogen-bond acceptors (Lipinski definition) is 5. The summed E-state index contributed by atoms with van der Waals surface area (Å²) in [6, 6.07) is 9.70. The highest BCUT2D eigenvalue weighted by Gasteiger charge is 2.37. The normalized spacial score (nSPS) is 19.4. The molecule has 138 valence electrons. The van der Waals surface area contributed by atoms with Gasteiger partial charge < -0.3 is 9.42 Å². The van der Waals surface area contributed by atoms with E-state index in [2.05, 4.69) is 28.1 Å². The molecule has 4 rings (SSSR count). The van der Waals surface area contributed by atoms with E-state index in [0.29, 0.717) is 24.8 Å². The average molecular weight is 362 g/mol. The Bertz CT molecular complexity index is 947. The number of aryl methyl sites for hydroxylation is 2. The summed E-state index contributed by atoms with van der Waals surface area (Å²) in [5.41, 5.74) is 3.75. The summed E-state index contributed by atoms with van der Waals surface area (Å²) in [5.74, 6) is 1.46. The maximum Gasteiger partial charge on any atom is 0.253 e. The zero-order chi connectivity index (χ0) is 19.0. The van der Waals surface area contributed by atoms with Crippen LogP contribution in [0.4, 0.5) is 0 Å². The lowest BCUT2D eigenvalue weighted by Crippen LogP contribution is -2.29. The molecule has 1 saturated heterocycles. The minimum absolute atomic E-state index is 0.0396. The molecule has 1 aliphatic rings. The van der Waals surface area contributed by atoms with Crippen molar-refractivity contribution in [2.24, 2.45) is 5.92 Å². The molecule has 1 fully saturated rings. The van der Waals surface area contributed by atoms with Crippen LogP contribution >= 0.6 is 0 Å². The van der Waals surface area contributed by atoms with Crippen molar-refractivity contribution in [2.75, 3.05) is 13.1 Å². The fraction of sp³-hybridized carbons (Fsp3) is 0.333. The number of rotatable bonds is 3. The molecule has 2 aromatic heterocycles. The van der Waals surface area contributed by atoms with Crippen LogP contribution in [0.1, 0.15) is 40.2 Å². The average Bonchev–Trinajstić information content (AvgIpc) is 3.27. The molecule has 0 spiro atoms. The molecule has 0 bridgehead atoms. The minimum atomic E-state index is 0.0396. The molecule has 2 atom stereocenters. The number of likely N-dealkylation sites (tertiary alicyclic amines) is 1. The van der Waals surface area contributed by atoms with Crippen LogP contribution in [0.15, 0.2) is 47.2 Å². The van der Waals surface area contributed by atoms with Crippen LogP contribution < -0.4 is 0 Å². The Morgan fingerprint density at radius 2 is 1.96 bits per heavy atom. The number of carbonyl (C=O) groups is 1. The van der Waals surface area contributed by atoms with Crippen LogP contribution in [0.3, 0.4) is 0 Å². The molecule has 27 heavy (non-hydrogen) atoms. The quantitative estimate of drug-likeness (QED) is 0.711. The van der Waals surface area contributed by atoms with Crippen molar-refractivity contribution < 1.29 is 9.32 Å². The maximum atomic E-state index is 13.0. The van der Waals surface area contributed by atoms with Gasteiger partial charge in [0.05, 0.1) is 5.92 Å². The molecule has 1 amide bonds. The molecule has 6 heteroatoms. The molecular weight excluding hydrogens is 340 g/mol. The van der Waals surface area contributed by atoms with Crippen LogP contribution in [0.2, 0.25) is 0 Å². The minimum Gasteiger partial charge on any atom is -0.339 e. The second-order valence-electron chi connectivity index (χ2n) is 7.37. The van der Waals surface area contributed by atoms with Gasteiger partial charge in [0.25, 0.3) is 5.91 Å². The second-order valence-corrected chi connectivity index (χ2v) is 7.37. The van der Waals surface area contributed by atoms with Gasteiger partial charge in [-0.25, -0.2) is 0 Å². The summed E-state index contributed by atoms with van der Waals surface area (Å²) in [5, 5.41) is 4.09. The van der Waals surface area contributed by atoms with Crippen LogP contribution in [0.5, 0.6) is 0 Å². The summed E-state index contributed by atoms with van der Waals surface area (Å²) in [7, 11) is 0. The third kappa shape index (κ3) is 3.47. The van der Waals surface area contributed by atoms with E-state index in [-0.39, 0.29) is 17.7 Å². The zero-order valence-electron chi connectivity index (χ0n) is 15.7. The topological polar surface area (TPSA) is 72.1 Å². The first kappa shape index (κ1) is 17.4. The number of amides is 1. The van der Waals surface area contributed by atoms with E-state index in [0.717, 1.165) is 22.3 Å². The number of benzene rings is 1. The standard InChI is InChI=1S/C21H22N4O2/c1-13-7-14(2)9-17(8-13)21(26)25-11-15(3)18(12-25)20-23-19(24-27-20)16-5-4-6-22-10-16/h4-10,15,18H,11-12H2,1-3H3. The first-order chi connectivity index (χ1) is 13.0. The summed E-state index contributed by atoms with van der Waals surface area (Å²) >= 11 is 0. The van der Waals surface area contributed by atoms with Gasteiger partial charge in [0.1, 0.15) is 0 Å². The van der Waals surface area contributed by atoms with Crippen LogP contribution in [-0.4, -0.2) is 39.0 Å². The molecule has 2 unspecified atom stereocenters. The maximum absolute atomic E-state index is 13.0. The first-order valence-electron chi connectivity index (χ1n) is 9.13. The molecule has 0 saturated carbocycles. The van der Waals surface area contributed by atoms with E-state index in [4.69, 9.17) is 4.52 Å². The molecule has 1 aliphatic heterocycles. The van der Waals surface area contributed by atoms with Crippen LogP contribution in [0, 0.1) is 19.8 Å². The fourth-order valence-corrected chi connectivity index (χ4v) is 3.73. The lowest BCUT2D eigenvalue weighted by Gasteiger charge is -2.16. The van der Waals surface area contributed by atoms with Crippen molar-refractivity contribution in [1.29, 1.82) is 0 Å². The number of carbonyl (C=O) groups excluding carboxylic acids is 1. The van der Waals surface area contributed by atoms with E-state index < -0.39 is 0 Å². The Balaban J connectivity index is 1.53. The van der Waals surface area contributed by atoms with E-state index in [1.165, 1.54) is 0 Å². The van der Waals surface area contributed by atoms with Crippen molar-refractivity contribution in [1.82, 2.24) is 20.0 Å². The number of hydrogen-bond donors (Lipinski definition) is 0. The van der Waals surface area contributed by atoms with Crippen molar-refractivity contribution in [3.8, 4) is 11.4 Å². The molecule has 6 nitrogen and oxygen atoms in total. The van der Waals surface area contributed by atoms with E-state index in [1.54, 1.807) is 12.4 Å². The van der Waals surface area contributed by atoms with Crippen LogP contribution in [0.25, 0.3) is 11.4 Å². The first-order valence-corrected chi connectivity index (χ1v) is 9.13. The van der Waals surface area contributed by atoms with Gasteiger partial charge in [-0.15, -0.1) is 0 Å². The van der Waals surface area contributed by atoms with Gasteiger partial charge in [-0.1, -0.05) is 29.3 Å². The smallest absolute Gasteiger partial charge is 0.253 e. The van der Waals surface area contributed by atoms with Gasteiger partial charge in [0.2, 0.25) is 11.7 Å². The lowest BCUT2D eigenvalue weighted by molar-refractivity contribution is 0.0786. The number of aromatic nitrogens is 3.